The Bertz CT molecular complexity index is 386. The number of rotatable bonds is 4. The molecule has 1 unspecified atom stereocenters. The molecule has 0 saturated carbocycles. The van der Waals surface area contributed by atoms with E-state index in [9.17, 15) is 0 Å². The fourth-order valence-corrected chi connectivity index (χ4v) is 4.02. The first kappa shape index (κ1) is 13.9. The predicted octanol–water partition coefficient (Wildman–Crippen LogP) is 3.34. The summed E-state index contributed by atoms with van der Waals surface area (Å²) in [5.74, 6) is 9.23. The lowest BCUT2D eigenvalue weighted by atomic mass is 9.89. The molecule has 1 atom stereocenters. The second kappa shape index (κ2) is 6.60. The number of nitrogens with one attached hydrogen (secondary N) is 1. The second-order valence-electron chi connectivity index (χ2n) is 5.37. The van der Waals surface area contributed by atoms with Crippen molar-refractivity contribution in [3.63, 3.8) is 0 Å². The zero-order valence-corrected chi connectivity index (χ0v) is 12.2. The smallest absolute Gasteiger partial charge is 0.0465 e. The third-order valence-corrected chi connectivity index (χ3v) is 4.96. The van der Waals surface area contributed by atoms with Crippen molar-refractivity contribution in [2.75, 3.05) is 11.5 Å². The van der Waals surface area contributed by atoms with Gasteiger partial charge >= 0.3 is 0 Å². The molecule has 2 nitrogen and oxygen atoms in total. The molecule has 3 N–H and O–H groups in total. The third-order valence-electron chi connectivity index (χ3n) is 3.91. The van der Waals surface area contributed by atoms with Crippen molar-refractivity contribution in [2.24, 2.45) is 11.8 Å². The lowest BCUT2D eigenvalue weighted by Gasteiger charge is -2.27. The summed E-state index contributed by atoms with van der Waals surface area (Å²) < 4.78 is 0. The van der Waals surface area contributed by atoms with E-state index in [1.807, 2.05) is 0 Å². The van der Waals surface area contributed by atoms with Crippen LogP contribution in [0.1, 0.15) is 42.0 Å². The molecule has 0 radical (unpaired) electrons. The Morgan fingerprint density at radius 1 is 1.33 bits per heavy atom. The quantitative estimate of drug-likeness (QED) is 0.647. The molecule has 2 rings (SSSR count). The minimum atomic E-state index is 0.304. The van der Waals surface area contributed by atoms with Gasteiger partial charge in [0.1, 0.15) is 0 Å². The molecule has 1 heterocycles. The van der Waals surface area contributed by atoms with Crippen molar-refractivity contribution in [1.29, 1.82) is 0 Å². The van der Waals surface area contributed by atoms with Gasteiger partial charge < -0.3 is 0 Å². The maximum Gasteiger partial charge on any atom is 0.0465 e. The normalized spacial score (nSPS) is 18.8. The zero-order valence-electron chi connectivity index (χ0n) is 11.4. The van der Waals surface area contributed by atoms with Crippen molar-refractivity contribution in [2.45, 2.75) is 39.2 Å². The van der Waals surface area contributed by atoms with Gasteiger partial charge in [-0.25, -0.2) is 0 Å². The summed E-state index contributed by atoms with van der Waals surface area (Å²) in [7, 11) is 0. The molecule has 3 heteroatoms. The Morgan fingerprint density at radius 2 is 2.06 bits per heavy atom. The minimum absolute atomic E-state index is 0.304. The summed E-state index contributed by atoms with van der Waals surface area (Å²) in [5, 5.41) is 0. The van der Waals surface area contributed by atoms with Crippen LogP contribution in [0, 0.1) is 19.8 Å². The van der Waals surface area contributed by atoms with Crippen molar-refractivity contribution in [3.8, 4) is 0 Å². The second-order valence-corrected chi connectivity index (χ2v) is 6.60. The number of hydrazine groups is 1. The fraction of sp³-hybridized carbons (Fsp3) is 0.600. The standard InChI is InChI=1S/C15H24N2S/c1-11-3-4-14(12(2)9-11)15(17-16)10-13-5-7-18-8-6-13/h3-4,9,13,15,17H,5-8,10,16H2,1-2H3. The molecule has 0 bridgehead atoms. The SMILES string of the molecule is Cc1ccc(C(CC2CCSCC2)NN)c(C)c1. The summed E-state index contributed by atoms with van der Waals surface area (Å²) in [6.07, 6.45) is 3.85. The Kier molecular flexibility index (Phi) is 5.10. The van der Waals surface area contributed by atoms with Gasteiger partial charge in [0.05, 0.1) is 0 Å². The molecule has 1 aliphatic heterocycles. The van der Waals surface area contributed by atoms with Gasteiger partial charge in [-0.15, -0.1) is 0 Å². The van der Waals surface area contributed by atoms with Crippen LogP contribution in [0.2, 0.25) is 0 Å². The molecule has 1 fully saturated rings. The number of nitrogens with two attached hydrogens (primary N) is 1. The number of thioether (sulfide) groups is 1. The summed E-state index contributed by atoms with van der Waals surface area (Å²) in [6, 6.07) is 6.96. The van der Waals surface area contributed by atoms with Crippen LogP contribution in [0.15, 0.2) is 18.2 Å². The van der Waals surface area contributed by atoms with Crippen LogP contribution in [-0.4, -0.2) is 11.5 Å². The van der Waals surface area contributed by atoms with E-state index < -0.39 is 0 Å². The highest BCUT2D eigenvalue weighted by Crippen LogP contribution is 2.31. The Labute approximate surface area is 115 Å². The Morgan fingerprint density at radius 3 is 2.67 bits per heavy atom. The molecule has 100 valence electrons. The molecular formula is C15H24N2S. The summed E-state index contributed by atoms with van der Waals surface area (Å²) >= 11 is 2.08. The topological polar surface area (TPSA) is 38.0 Å². The number of benzene rings is 1. The van der Waals surface area contributed by atoms with Crippen LogP contribution >= 0.6 is 11.8 Å². The van der Waals surface area contributed by atoms with Crippen molar-refractivity contribution >= 4 is 11.8 Å². The van der Waals surface area contributed by atoms with E-state index in [4.69, 9.17) is 5.84 Å². The van der Waals surface area contributed by atoms with E-state index in [1.165, 1.54) is 47.5 Å². The minimum Gasteiger partial charge on any atom is -0.271 e. The van der Waals surface area contributed by atoms with Crippen LogP contribution in [0.4, 0.5) is 0 Å². The van der Waals surface area contributed by atoms with E-state index in [-0.39, 0.29) is 0 Å². The summed E-state index contributed by atoms with van der Waals surface area (Å²) in [4.78, 5) is 0. The van der Waals surface area contributed by atoms with E-state index in [2.05, 4.69) is 49.2 Å². The molecule has 1 aromatic rings. The van der Waals surface area contributed by atoms with Gasteiger partial charge in [0.15, 0.2) is 0 Å². The molecule has 1 aromatic carbocycles. The predicted molar refractivity (Wildman–Crippen MR) is 80.6 cm³/mol. The average molecular weight is 264 g/mol. The molecule has 0 amide bonds. The molecule has 0 aromatic heterocycles. The highest BCUT2D eigenvalue weighted by atomic mass is 32.2. The average Bonchev–Trinajstić information content (AvgIpc) is 2.38. The summed E-state index contributed by atoms with van der Waals surface area (Å²) in [6.45, 7) is 4.32. The maximum atomic E-state index is 5.77. The lowest BCUT2D eigenvalue weighted by Crippen LogP contribution is -2.31. The van der Waals surface area contributed by atoms with Crippen LogP contribution in [0.5, 0.6) is 0 Å². The number of hydrogen-bond donors (Lipinski definition) is 2. The first-order valence-electron chi connectivity index (χ1n) is 6.81. The van der Waals surface area contributed by atoms with Crippen LogP contribution in [0.25, 0.3) is 0 Å². The first-order chi connectivity index (χ1) is 8.70. The van der Waals surface area contributed by atoms with Gasteiger partial charge in [0.2, 0.25) is 0 Å². The van der Waals surface area contributed by atoms with Crippen molar-refractivity contribution in [3.05, 3.63) is 34.9 Å². The molecule has 0 spiro atoms. The van der Waals surface area contributed by atoms with E-state index in [1.54, 1.807) is 0 Å². The fourth-order valence-electron chi connectivity index (χ4n) is 2.82. The van der Waals surface area contributed by atoms with Crippen molar-refractivity contribution < 1.29 is 0 Å². The molecule has 18 heavy (non-hydrogen) atoms. The monoisotopic (exact) mass is 264 g/mol. The maximum absolute atomic E-state index is 5.77. The molecule has 1 saturated heterocycles. The summed E-state index contributed by atoms with van der Waals surface area (Å²) in [5.41, 5.74) is 7.05. The first-order valence-corrected chi connectivity index (χ1v) is 7.97. The molecule has 1 aliphatic rings. The van der Waals surface area contributed by atoms with Gasteiger partial charge in [0.25, 0.3) is 0 Å². The van der Waals surface area contributed by atoms with Crippen molar-refractivity contribution in [1.82, 2.24) is 5.43 Å². The van der Waals surface area contributed by atoms with E-state index in [0.717, 1.165) is 5.92 Å². The Hall–Kier alpha value is -0.510. The number of hydrogen-bond acceptors (Lipinski definition) is 3. The van der Waals surface area contributed by atoms with Gasteiger partial charge in [0, 0.05) is 6.04 Å². The highest BCUT2D eigenvalue weighted by Gasteiger charge is 2.20. The van der Waals surface area contributed by atoms with Gasteiger partial charge in [-0.05, 0) is 61.7 Å². The van der Waals surface area contributed by atoms with E-state index in [0.29, 0.717) is 6.04 Å². The van der Waals surface area contributed by atoms with Gasteiger partial charge in [-0.1, -0.05) is 23.8 Å². The molecule has 0 aliphatic carbocycles. The van der Waals surface area contributed by atoms with Gasteiger partial charge in [-0.2, -0.15) is 11.8 Å². The van der Waals surface area contributed by atoms with Gasteiger partial charge in [-0.3, -0.25) is 11.3 Å². The number of aryl methyl sites for hydroxylation is 2. The highest BCUT2D eigenvalue weighted by molar-refractivity contribution is 7.99. The third kappa shape index (κ3) is 3.50. The molecular weight excluding hydrogens is 240 g/mol. The van der Waals surface area contributed by atoms with E-state index >= 15 is 0 Å². The zero-order chi connectivity index (χ0) is 13.0. The lowest BCUT2D eigenvalue weighted by molar-refractivity contribution is 0.373. The van der Waals surface area contributed by atoms with Crippen LogP contribution < -0.4 is 11.3 Å². The van der Waals surface area contributed by atoms with Crippen LogP contribution in [0.3, 0.4) is 0 Å². The largest absolute Gasteiger partial charge is 0.271 e. The van der Waals surface area contributed by atoms with Crippen LogP contribution in [-0.2, 0) is 0 Å². The Balaban J connectivity index is 2.07.